The highest BCUT2D eigenvalue weighted by atomic mass is 16.2. The zero-order valence-corrected chi connectivity index (χ0v) is 11.9. The fraction of sp³-hybridized carbons (Fsp3) is 0.714. The lowest BCUT2D eigenvalue weighted by molar-refractivity contribution is 0.0786. The van der Waals surface area contributed by atoms with Gasteiger partial charge in [-0.25, -0.2) is 0 Å². The summed E-state index contributed by atoms with van der Waals surface area (Å²) in [7, 11) is 0. The summed E-state index contributed by atoms with van der Waals surface area (Å²) < 4.78 is 1.88. The summed E-state index contributed by atoms with van der Waals surface area (Å²) in [6.45, 7) is 7.35. The van der Waals surface area contributed by atoms with Crippen LogP contribution in [0.1, 0.15) is 42.2 Å². The van der Waals surface area contributed by atoms with Crippen molar-refractivity contribution < 1.29 is 4.79 Å². The van der Waals surface area contributed by atoms with Crippen LogP contribution >= 0.6 is 0 Å². The first-order chi connectivity index (χ1) is 9.17. The van der Waals surface area contributed by atoms with E-state index in [4.69, 9.17) is 5.73 Å². The molecule has 1 aromatic rings. The molecule has 106 valence electrons. The Hall–Kier alpha value is -1.36. The number of hydrogen-bond acceptors (Lipinski definition) is 3. The molecule has 5 heteroatoms. The first kappa shape index (κ1) is 14.1. The zero-order valence-electron chi connectivity index (χ0n) is 11.9. The van der Waals surface area contributed by atoms with Gasteiger partial charge in [0.1, 0.15) is 0 Å². The fourth-order valence-electron chi connectivity index (χ4n) is 2.64. The molecule has 1 fully saturated rings. The number of nitrogens with zero attached hydrogens (tertiary/aromatic N) is 3. The topological polar surface area (TPSA) is 64.2 Å². The summed E-state index contributed by atoms with van der Waals surface area (Å²) in [4.78, 5) is 14.4. The van der Waals surface area contributed by atoms with Crippen LogP contribution in [0.3, 0.4) is 0 Å². The molecule has 0 spiro atoms. The van der Waals surface area contributed by atoms with Crippen LogP contribution in [0.15, 0.2) is 6.20 Å². The van der Waals surface area contributed by atoms with E-state index < -0.39 is 0 Å². The molecule has 1 atom stereocenters. The van der Waals surface area contributed by atoms with Gasteiger partial charge in [0, 0.05) is 25.3 Å². The van der Waals surface area contributed by atoms with Gasteiger partial charge in [-0.05, 0) is 32.2 Å². The van der Waals surface area contributed by atoms with Gasteiger partial charge in [0.25, 0.3) is 5.91 Å². The zero-order chi connectivity index (χ0) is 13.8. The maximum Gasteiger partial charge on any atom is 0.257 e. The van der Waals surface area contributed by atoms with E-state index in [9.17, 15) is 4.79 Å². The summed E-state index contributed by atoms with van der Waals surface area (Å²) in [5.74, 6) is 0.795. The molecule has 0 radical (unpaired) electrons. The summed E-state index contributed by atoms with van der Waals surface area (Å²) in [6.07, 6.45) is 4.87. The van der Waals surface area contributed by atoms with Crippen molar-refractivity contribution in [2.45, 2.75) is 39.7 Å². The number of hydrogen-bond donors (Lipinski definition) is 1. The number of aryl methyl sites for hydroxylation is 1. The molecule has 0 saturated carbocycles. The molecule has 2 heterocycles. The predicted molar refractivity (Wildman–Crippen MR) is 74.9 cm³/mol. The second-order valence-electron chi connectivity index (χ2n) is 5.32. The van der Waals surface area contributed by atoms with Crippen LogP contribution in [0, 0.1) is 12.8 Å². The molecule has 2 rings (SSSR count). The first-order valence-electron chi connectivity index (χ1n) is 7.19. The van der Waals surface area contributed by atoms with Crippen molar-refractivity contribution in [3.05, 3.63) is 17.5 Å². The average molecular weight is 264 g/mol. The van der Waals surface area contributed by atoms with Crippen LogP contribution in [0.2, 0.25) is 0 Å². The molecule has 0 bridgehead atoms. The van der Waals surface area contributed by atoms with Crippen molar-refractivity contribution in [2.24, 2.45) is 11.7 Å². The third-order valence-electron chi connectivity index (χ3n) is 4.06. The fourth-order valence-corrected chi connectivity index (χ4v) is 2.64. The lowest BCUT2D eigenvalue weighted by Crippen LogP contribution is -2.29. The van der Waals surface area contributed by atoms with Crippen molar-refractivity contribution in [1.82, 2.24) is 14.7 Å². The Bertz CT molecular complexity index is 441. The van der Waals surface area contributed by atoms with Crippen molar-refractivity contribution in [3.8, 4) is 0 Å². The standard InChI is InChI=1S/C14H24N4O/c1-3-12-5-8-17(10-12)14(19)13-9-16-18(11(13)2)7-4-6-15/h9,12H,3-8,10,15H2,1-2H3. The van der Waals surface area contributed by atoms with Gasteiger partial charge >= 0.3 is 0 Å². The number of likely N-dealkylation sites (tertiary alicyclic amines) is 1. The molecular weight excluding hydrogens is 240 g/mol. The Morgan fingerprint density at radius 2 is 2.37 bits per heavy atom. The van der Waals surface area contributed by atoms with Crippen LogP contribution in [0.5, 0.6) is 0 Å². The molecule has 1 unspecified atom stereocenters. The summed E-state index contributed by atoms with van der Waals surface area (Å²) in [5.41, 5.74) is 7.21. The number of carbonyl (C=O) groups is 1. The molecule has 0 aromatic carbocycles. The van der Waals surface area contributed by atoms with Crippen LogP contribution < -0.4 is 5.73 Å². The average Bonchev–Trinajstić information content (AvgIpc) is 3.03. The van der Waals surface area contributed by atoms with Crippen LogP contribution in [-0.4, -0.2) is 40.2 Å². The Balaban J connectivity index is 2.05. The summed E-state index contributed by atoms with van der Waals surface area (Å²) >= 11 is 0. The van der Waals surface area contributed by atoms with E-state index in [0.29, 0.717) is 12.5 Å². The number of amides is 1. The Morgan fingerprint density at radius 3 is 3.00 bits per heavy atom. The van der Waals surface area contributed by atoms with Gasteiger partial charge in [-0.2, -0.15) is 5.10 Å². The van der Waals surface area contributed by atoms with E-state index in [2.05, 4.69) is 12.0 Å². The van der Waals surface area contributed by atoms with Gasteiger partial charge in [-0.1, -0.05) is 13.3 Å². The normalized spacial score (nSPS) is 19.1. The molecule has 1 aliphatic rings. The monoisotopic (exact) mass is 264 g/mol. The number of rotatable bonds is 5. The van der Waals surface area contributed by atoms with E-state index in [-0.39, 0.29) is 5.91 Å². The smallest absolute Gasteiger partial charge is 0.257 e. The van der Waals surface area contributed by atoms with Gasteiger partial charge in [0.2, 0.25) is 0 Å². The molecule has 0 aliphatic carbocycles. The Labute approximate surface area is 114 Å². The minimum atomic E-state index is 0.132. The highest BCUT2D eigenvalue weighted by molar-refractivity contribution is 5.95. The molecular formula is C14H24N4O. The van der Waals surface area contributed by atoms with Crippen LogP contribution in [0.4, 0.5) is 0 Å². The van der Waals surface area contributed by atoms with Crippen molar-refractivity contribution >= 4 is 5.91 Å². The minimum Gasteiger partial charge on any atom is -0.338 e. The van der Waals surface area contributed by atoms with Gasteiger partial charge in [0.05, 0.1) is 11.8 Å². The molecule has 1 aliphatic heterocycles. The van der Waals surface area contributed by atoms with E-state index in [1.165, 1.54) is 0 Å². The number of nitrogens with two attached hydrogens (primary N) is 1. The molecule has 2 N–H and O–H groups in total. The second kappa shape index (κ2) is 6.19. The quantitative estimate of drug-likeness (QED) is 0.874. The van der Waals surface area contributed by atoms with Crippen molar-refractivity contribution in [3.63, 3.8) is 0 Å². The highest BCUT2D eigenvalue weighted by Crippen LogP contribution is 2.22. The third-order valence-corrected chi connectivity index (χ3v) is 4.06. The highest BCUT2D eigenvalue weighted by Gasteiger charge is 2.27. The number of aromatic nitrogens is 2. The number of carbonyl (C=O) groups excluding carboxylic acids is 1. The largest absolute Gasteiger partial charge is 0.338 e. The van der Waals surface area contributed by atoms with Crippen LogP contribution in [-0.2, 0) is 6.54 Å². The Morgan fingerprint density at radius 1 is 1.58 bits per heavy atom. The maximum atomic E-state index is 12.5. The van der Waals surface area contributed by atoms with E-state index in [0.717, 1.165) is 50.2 Å². The van der Waals surface area contributed by atoms with Crippen LogP contribution in [0.25, 0.3) is 0 Å². The molecule has 1 amide bonds. The molecule has 1 aromatic heterocycles. The summed E-state index contributed by atoms with van der Waals surface area (Å²) in [6, 6.07) is 0. The maximum absolute atomic E-state index is 12.5. The first-order valence-corrected chi connectivity index (χ1v) is 7.19. The molecule has 5 nitrogen and oxygen atoms in total. The van der Waals surface area contributed by atoms with Crippen molar-refractivity contribution in [1.29, 1.82) is 0 Å². The molecule has 1 saturated heterocycles. The lowest BCUT2D eigenvalue weighted by Gasteiger charge is -2.16. The van der Waals surface area contributed by atoms with Gasteiger partial charge in [0.15, 0.2) is 0 Å². The van der Waals surface area contributed by atoms with Gasteiger partial charge in [-0.15, -0.1) is 0 Å². The van der Waals surface area contributed by atoms with Gasteiger partial charge < -0.3 is 10.6 Å². The van der Waals surface area contributed by atoms with E-state index in [1.807, 2.05) is 16.5 Å². The summed E-state index contributed by atoms with van der Waals surface area (Å²) in [5, 5.41) is 4.30. The van der Waals surface area contributed by atoms with Gasteiger partial charge in [-0.3, -0.25) is 9.48 Å². The van der Waals surface area contributed by atoms with Crippen molar-refractivity contribution in [2.75, 3.05) is 19.6 Å². The SMILES string of the molecule is CCC1CCN(C(=O)c2cnn(CCCN)c2C)C1. The van der Waals surface area contributed by atoms with E-state index >= 15 is 0 Å². The lowest BCUT2D eigenvalue weighted by atomic mass is 10.1. The second-order valence-corrected chi connectivity index (χ2v) is 5.32. The molecule has 19 heavy (non-hydrogen) atoms. The Kier molecular flexibility index (Phi) is 4.58. The predicted octanol–water partition coefficient (Wildman–Crippen LogP) is 1.41. The minimum absolute atomic E-state index is 0.132. The third kappa shape index (κ3) is 2.97. The van der Waals surface area contributed by atoms with E-state index in [1.54, 1.807) is 6.20 Å².